The van der Waals surface area contributed by atoms with Crippen LogP contribution in [0.1, 0.15) is 32.2 Å². The summed E-state index contributed by atoms with van der Waals surface area (Å²) in [6, 6.07) is 10.1. The second kappa shape index (κ2) is 4.95. The Kier molecular flexibility index (Phi) is 3.36. The van der Waals surface area contributed by atoms with E-state index in [1.165, 1.54) is 0 Å². The summed E-state index contributed by atoms with van der Waals surface area (Å²) >= 11 is 3.47. The predicted octanol–water partition coefficient (Wildman–Crippen LogP) is 5.26. The Morgan fingerprint density at radius 3 is 2.52 bits per heavy atom. The van der Waals surface area contributed by atoms with Crippen molar-refractivity contribution in [2.45, 2.75) is 33.1 Å². The fourth-order valence-corrected chi connectivity index (χ4v) is 2.60. The summed E-state index contributed by atoms with van der Waals surface area (Å²) in [5, 5.41) is 1.09. The summed E-state index contributed by atoms with van der Waals surface area (Å²) in [6.45, 7) is 8.34. The summed E-state index contributed by atoms with van der Waals surface area (Å²) in [7, 11) is 0. The van der Waals surface area contributed by atoms with Gasteiger partial charge in [0.25, 0.3) is 0 Å². The Morgan fingerprint density at radius 1 is 1.10 bits per heavy atom. The normalized spacial score (nSPS) is 12.0. The minimum Gasteiger partial charge on any atom is -0.454 e. The van der Waals surface area contributed by atoms with Crippen molar-refractivity contribution < 1.29 is 4.42 Å². The van der Waals surface area contributed by atoms with E-state index in [4.69, 9.17) is 4.42 Å². The first-order valence-corrected chi connectivity index (χ1v) is 7.68. The van der Waals surface area contributed by atoms with Crippen molar-refractivity contribution in [2.75, 3.05) is 0 Å². The second-order valence-electron chi connectivity index (χ2n) is 6.25. The summed E-state index contributed by atoms with van der Waals surface area (Å²) in [5.74, 6) is 1.57. The fraction of sp³-hybridized carbons (Fsp3) is 0.294. The van der Waals surface area contributed by atoms with E-state index in [9.17, 15) is 0 Å². The van der Waals surface area contributed by atoms with Gasteiger partial charge in [0, 0.05) is 16.9 Å². The minimum atomic E-state index is -0.111. The number of aromatic nitrogens is 2. The molecule has 3 nitrogen and oxygen atoms in total. The van der Waals surface area contributed by atoms with Crippen LogP contribution >= 0.6 is 15.9 Å². The lowest BCUT2D eigenvalue weighted by Crippen LogP contribution is -2.16. The maximum absolute atomic E-state index is 6.00. The highest BCUT2D eigenvalue weighted by Crippen LogP contribution is 2.31. The van der Waals surface area contributed by atoms with Gasteiger partial charge in [0.2, 0.25) is 0 Å². The quantitative estimate of drug-likeness (QED) is 0.565. The summed E-state index contributed by atoms with van der Waals surface area (Å²) in [6.07, 6.45) is 0. The molecule has 0 spiro atoms. The van der Waals surface area contributed by atoms with Crippen molar-refractivity contribution in [3.63, 3.8) is 0 Å². The number of halogens is 1. The van der Waals surface area contributed by atoms with E-state index in [-0.39, 0.29) is 5.41 Å². The van der Waals surface area contributed by atoms with Crippen LogP contribution in [0.3, 0.4) is 0 Å². The van der Waals surface area contributed by atoms with E-state index < -0.39 is 0 Å². The van der Waals surface area contributed by atoms with Crippen LogP contribution in [0.25, 0.3) is 22.4 Å². The van der Waals surface area contributed by atoms with Crippen LogP contribution in [0.5, 0.6) is 0 Å². The maximum atomic E-state index is 6.00. The number of hydrogen-bond donors (Lipinski definition) is 0. The van der Waals surface area contributed by atoms with Crippen molar-refractivity contribution in [1.29, 1.82) is 0 Å². The van der Waals surface area contributed by atoms with Crippen molar-refractivity contribution in [2.24, 2.45) is 0 Å². The monoisotopic (exact) mass is 344 g/mol. The molecule has 0 aliphatic heterocycles. The number of nitrogens with zero attached hydrogens (tertiary/aromatic N) is 2. The van der Waals surface area contributed by atoms with E-state index in [0.717, 1.165) is 38.4 Å². The highest BCUT2D eigenvalue weighted by Gasteiger charge is 2.20. The largest absolute Gasteiger partial charge is 0.454 e. The second-order valence-corrected chi connectivity index (χ2v) is 7.07. The molecule has 0 N–H and O–H groups in total. The number of aryl methyl sites for hydroxylation is 1. The van der Waals surface area contributed by atoms with E-state index in [2.05, 4.69) is 52.7 Å². The number of benzene rings is 1. The molecule has 0 atom stereocenters. The van der Waals surface area contributed by atoms with Gasteiger partial charge < -0.3 is 4.42 Å². The molecule has 3 aromatic rings. The third kappa shape index (κ3) is 2.72. The van der Waals surface area contributed by atoms with Gasteiger partial charge in [-0.2, -0.15) is 0 Å². The lowest BCUT2D eigenvalue weighted by molar-refractivity contribution is 0.542. The third-order valence-corrected chi connectivity index (χ3v) is 3.77. The molecule has 0 aliphatic carbocycles. The molecule has 0 amide bonds. The van der Waals surface area contributed by atoms with Crippen LogP contribution in [0, 0.1) is 6.92 Å². The first kappa shape index (κ1) is 14.3. The SMILES string of the molecule is Cc1cccc2cc(-c3cc(Br)nc(C(C)(C)C)n3)oc12. The van der Waals surface area contributed by atoms with Crippen LogP contribution in [-0.4, -0.2) is 9.97 Å². The molecule has 0 saturated heterocycles. The molecule has 2 aromatic heterocycles. The molecule has 3 rings (SSSR count). The van der Waals surface area contributed by atoms with Gasteiger partial charge in [-0.05, 0) is 34.5 Å². The lowest BCUT2D eigenvalue weighted by Gasteiger charge is -2.17. The Hall–Kier alpha value is -1.68. The fourth-order valence-electron chi connectivity index (χ4n) is 2.21. The zero-order chi connectivity index (χ0) is 15.2. The van der Waals surface area contributed by atoms with Crippen molar-refractivity contribution in [1.82, 2.24) is 9.97 Å². The molecular formula is C17H17BrN2O. The molecule has 0 fully saturated rings. The van der Waals surface area contributed by atoms with E-state index in [0.29, 0.717) is 0 Å². The minimum absolute atomic E-state index is 0.111. The summed E-state index contributed by atoms with van der Waals surface area (Å²) in [4.78, 5) is 9.13. The molecule has 21 heavy (non-hydrogen) atoms. The highest BCUT2D eigenvalue weighted by molar-refractivity contribution is 9.10. The highest BCUT2D eigenvalue weighted by atomic mass is 79.9. The zero-order valence-corrected chi connectivity index (χ0v) is 14.2. The van der Waals surface area contributed by atoms with Crippen LogP contribution < -0.4 is 0 Å². The average Bonchev–Trinajstić information content (AvgIpc) is 2.82. The molecule has 2 heterocycles. The van der Waals surface area contributed by atoms with Crippen LogP contribution in [0.4, 0.5) is 0 Å². The summed E-state index contributed by atoms with van der Waals surface area (Å²) < 4.78 is 6.77. The Bertz CT molecular complexity index is 815. The van der Waals surface area contributed by atoms with Crippen LogP contribution in [0.2, 0.25) is 0 Å². The number of fused-ring (bicyclic) bond motifs is 1. The van der Waals surface area contributed by atoms with E-state index in [1.807, 2.05) is 31.2 Å². The molecule has 108 valence electrons. The van der Waals surface area contributed by atoms with Gasteiger partial charge in [-0.3, -0.25) is 0 Å². The number of hydrogen-bond acceptors (Lipinski definition) is 3. The first-order chi connectivity index (χ1) is 9.84. The van der Waals surface area contributed by atoms with Crippen LogP contribution in [-0.2, 0) is 5.41 Å². The topological polar surface area (TPSA) is 38.9 Å². The molecule has 0 unspecified atom stereocenters. The number of para-hydroxylation sites is 1. The van der Waals surface area contributed by atoms with Gasteiger partial charge in [0.05, 0.1) is 0 Å². The molecule has 0 saturated carbocycles. The van der Waals surface area contributed by atoms with Gasteiger partial charge >= 0.3 is 0 Å². The van der Waals surface area contributed by atoms with Crippen molar-refractivity contribution >= 4 is 26.9 Å². The van der Waals surface area contributed by atoms with Crippen molar-refractivity contribution in [3.05, 3.63) is 46.3 Å². The maximum Gasteiger partial charge on any atom is 0.153 e. The molecule has 4 heteroatoms. The molecule has 0 bridgehead atoms. The molecule has 1 aromatic carbocycles. The Balaban J connectivity index is 2.18. The van der Waals surface area contributed by atoms with Crippen molar-refractivity contribution in [3.8, 4) is 11.5 Å². The molecular weight excluding hydrogens is 328 g/mol. The summed E-state index contributed by atoms with van der Waals surface area (Å²) in [5.41, 5.74) is 2.74. The number of rotatable bonds is 1. The standard InChI is InChI=1S/C17H17BrN2O/c1-10-6-5-7-11-8-13(21-15(10)11)12-9-14(18)20-16(19-12)17(2,3)4/h5-9H,1-4H3. The predicted molar refractivity (Wildman–Crippen MR) is 88.4 cm³/mol. The van der Waals surface area contributed by atoms with Gasteiger partial charge in [-0.25, -0.2) is 9.97 Å². The zero-order valence-electron chi connectivity index (χ0n) is 12.6. The Morgan fingerprint density at radius 2 is 1.86 bits per heavy atom. The van der Waals surface area contributed by atoms with E-state index in [1.54, 1.807) is 0 Å². The first-order valence-electron chi connectivity index (χ1n) is 6.89. The van der Waals surface area contributed by atoms with Gasteiger partial charge in [-0.1, -0.05) is 39.0 Å². The average molecular weight is 345 g/mol. The smallest absolute Gasteiger partial charge is 0.153 e. The Labute approximate surface area is 132 Å². The molecule has 0 aliphatic rings. The third-order valence-electron chi connectivity index (χ3n) is 3.36. The van der Waals surface area contributed by atoms with E-state index >= 15 is 0 Å². The van der Waals surface area contributed by atoms with Gasteiger partial charge in [-0.15, -0.1) is 0 Å². The van der Waals surface area contributed by atoms with Crippen LogP contribution in [0.15, 0.2) is 39.4 Å². The van der Waals surface area contributed by atoms with Gasteiger partial charge in [0.1, 0.15) is 21.7 Å². The molecule has 0 radical (unpaired) electrons. The lowest BCUT2D eigenvalue weighted by atomic mass is 9.95. The number of furan rings is 1. The van der Waals surface area contributed by atoms with Gasteiger partial charge in [0.15, 0.2) is 5.76 Å².